The van der Waals surface area contributed by atoms with Crippen LogP contribution >= 0.6 is 11.6 Å². The van der Waals surface area contributed by atoms with E-state index < -0.39 is 0 Å². The number of alkyl halides is 1. The van der Waals surface area contributed by atoms with Gasteiger partial charge in [-0.3, -0.25) is 4.79 Å². The van der Waals surface area contributed by atoms with Crippen LogP contribution in [0.3, 0.4) is 0 Å². The van der Waals surface area contributed by atoms with Gasteiger partial charge in [0.15, 0.2) is 0 Å². The monoisotopic (exact) mass is 211 g/mol. The molecule has 74 valence electrons. The molecule has 1 amide bonds. The molecule has 1 fully saturated rings. The molecule has 1 saturated heterocycles. The van der Waals surface area contributed by atoms with E-state index in [9.17, 15) is 4.79 Å². The molecule has 5 heteroatoms. The van der Waals surface area contributed by atoms with Crippen LogP contribution in [0.2, 0.25) is 0 Å². The second-order valence-electron chi connectivity index (χ2n) is 3.33. The van der Waals surface area contributed by atoms with Crippen LogP contribution in [-0.2, 0) is 4.79 Å². The summed E-state index contributed by atoms with van der Waals surface area (Å²) in [6.45, 7) is 0.676. The molecule has 0 aliphatic carbocycles. The zero-order chi connectivity index (χ0) is 9.97. The van der Waals surface area contributed by atoms with Crippen LogP contribution in [0.1, 0.15) is 6.42 Å². The number of halogens is 1. The molecule has 14 heavy (non-hydrogen) atoms. The number of nitrogens with zero attached hydrogens (tertiary/aromatic N) is 3. The van der Waals surface area contributed by atoms with Gasteiger partial charge in [0.05, 0.1) is 18.1 Å². The minimum Gasteiger partial charge on any atom is -0.309 e. The Morgan fingerprint density at radius 1 is 1.50 bits per heavy atom. The van der Waals surface area contributed by atoms with Crippen LogP contribution in [0.5, 0.6) is 0 Å². The van der Waals surface area contributed by atoms with Crippen molar-refractivity contribution in [2.45, 2.75) is 6.42 Å². The van der Waals surface area contributed by atoms with Crippen LogP contribution in [0, 0.1) is 5.92 Å². The van der Waals surface area contributed by atoms with Gasteiger partial charge in [-0.05, 0) is 5.92 Å². The lowest BCUT2D eigenvalue weighted by molar-refractivity contribution is -0.117. The van der Waals surface area contributed by atoms with Gasteiger partial charge in [-0.15, -0.1) is 11.6 Å². The van der Waals surface area contributed by atoms with Crippen molar-refractivity contribution in [1.29, 1.82) is 0 Å². The Labute approximate surface area is 86.9 Å². The lowest BCUT2D eigenvalue weighted by Crippen LogP contribution is -2.24. The van der Waals surface area contributed by atoms with Crippen molar-refractivity contribution < 1.29 is 4.79 Å². The van der Waals surface area contributed by atoms with Crippen molar-refractivity contribution in [2.75, 3.05) is 17.3 Å². The third-order valence-electron chi connectivity index (χ3n) is 2.28. The Morgan fingerprint density at radius 3 is 2.79 bits per heavy atom. The van der Waals surface area contributed by atoms with E-state index in [0.717, 1.165) is 5.69 Å². The van der Waals surface area contributed by atoms with Crippen molar-refractivity contribution in [3.8, 4) is 0 Å². The Bertz CT molecular complexity index is 330. The first-order valence-electron chi connectivity index (χ1n) is 4.42. The molecular weight excluding hydrogens is 202 g/mol. The third kappa shape index (κ3) is 1.70. The number of hydrogen-bond acceptors (Lipinski definition) is 3. The van der Waals surface area contributed by atoms with E-state index in [1.807, 2.05) is 0 Å². The quantitative estimate of drug-likeness (QED) is 0.688. The predicted molar refractivity (Wildman–Crippen MR) is 53.2 cm³/mol. The maximum Gasteiger partial charge on any atom is 0.227 e. The number of aromatic nitrogens is 2. The Balaban J connectivity index is 2.17. The highest BCUT2D eigenvalue weighted by molar-refractivity contribution is 6.18. The first-order chi connectivity index (χ1) is 6.81. The van der Waals surface area contributed by atoms with Gasteiger partial charge in [-0.1, -0.05) is 0 Å². The topological polar surface area (TPSA) is 46.1 Å². The molecule has 1 aliphatic rings. The molecule has 0 N–H and O–H groups in total. The number of rotatable bonds is 2. The fraction of sp³-hybridized carbons (Fsp3) is 0.444. The van der Waals surface area contributed by atoms with Crippen LogP contribution in [0.25, 0.3) is 0 Å². The zero-order valence-corrected chi connectivity index (χ0v) is 8.31. The van der Waals surface area contributed by atoms with Crippen LogP contribution in [0.4, 0.5) is 5.69 Å². The van der Waals surface area contributed by atoms with E-state index in [2.05, 4.69) is 9.97 Å². The smallest absolute Gasteiger partial charge is 0.227 e. The average Bonchev–Trinajstić information content (AvgIpc) is 2.61. The standard InChI is InChI=1S/C9H10ClN3O/c10-2-7-1-9(14)13(5-7)8-3-11-6-12-4-8/h3-4,6-7H,1-2,5H2. The van der Waals surface area contributed by atoms with E-state index in [4.69, 9.17) is 11.6 Å². The molecule has 2 heterocycles. The lowest BCUT2D eigenvalue weighted by atomic mass is 10.1. The summed E-state index contributed by atoms with van der Waals surface area (Å²) in [7, 11) is 0. The first-order valence-corrected chi connectivity index (χ1v) is 4.96. The van der Waals surface area contributed by atoms with Gasteiger partial charge >= 0.3 is 0 Å². The molecular formula is C9H10ClN3O. The summed E-state index contributed by atoms with van der Waals surface area (Å²) in [4.78, 5) is 21.0. The number of hydrogen-bond donors (Lipinski definition) is 0. The summed E-state index contributed by atoms with van der Waals surface area (Å²) in [6.07, 6.45) is 5.25. The summed E-state index contributed by atoms with van der Waals surface area (Å²) >= 11 is 5.72. The van der Waals surface area contributed by atoms with E-state index in [1.165, 1.54) is 6.33 Å². The maximum absolute atomic E-state index is 11.6. The molecule has 0 aromatic carbocycles. The molecule has 1 aliphatic heterocycles. The Morgan fingerprint density at radius 2 is 2.21 bits per heavy atom. The van der Waals surface area contributed by atoms with Crippen molar-refractivity contribution in [3.63, 3.8) is 0 Å². The maximum atomic E-state index is 11.6. The summed E-state index contributed by atoms with van der Waals surface area (Å²) in [6, 6.07) is 0. The van der Waals surface area contributed by atoms with E-state index in [-0.39, 0.29) is 11.8 Å². The number of carbonyl (C=O) groups excluding carboxylic acids is 1. The lowest BCUT2D eigenvalue weighted by Gasteiger charge is -2.14. The van der Waals surface area contributed by atoms with Gasteiger partial charge in [-0.25, -0.2) is 9.97 Å². The summed E-state index contributed by atoms with van der Waals surface area (Å²) < 4.78 is 0. The molecule has 1 unspecified atom stereocenters. The van der Waals surface area contributed by atoms with Crippen LogP contribution in [0.15, 0.2) is 18.7 Å². The molecule has 2 rings (SSSR count). The van der Waals surface area contributed by atoms with Crippen molar-refractivity contribution in [1.82, 2.24) is 9.97 Å². The SMILES string of the molecule is O=C1CC(CCl)CN1c1cncnc1. The number of amides is 1. The molecule has 0 radical (unpaired) electrons. The molecule has 1 aromatic heterocycles. The first kappa shape index (κ1) is 9.40. The summed E-state index contributed by atoms with van der Waals surface area (Å²) in [5.41, 5.74) is 0.755. The van der Waals surface area contributed by atoms with E-state index >= 15 is 0 Å². The van der Waals surface area contributed by atoms with E-state index in [0.29, 0.717) is 18.8 Å². The fourth-order valence-corrected chi connectivity index (χ4v) is 1.77. The Hall–Kier alpha value is -1.16. The minimum atomic E-state index is 0.102. The van der Waals surface area contributed by atoms with E-state index in [1.54, 1.807) is 17.3 Å². The van der Waals surface area contributed by atoms with Crippen molar-refractivity contribution >= 4 is 23.2 Å². The normalized spacial score (nSPS) is 21.6. The highest BCUT2D eigenvalue weighted by Gasteiger charge is 2.29. The van der Waals surface area contributed by atoms with Crippen molar-refractivity contribution in [3.05, 3.63) is 18.7 Å². The molecule has 0 bridgehead atoms. The summed E-state index contributed by atoms with van der Waals surface area (Å²) in [5.74, 6) is 0.880. The van der Waals surface area contributed by atoms with Crippen LogP contribution in [-0.4, -0.2) is 28.3 Å². The number of carbonyl (C=O) groups is 1. The molecule has 0 saturated carbocycles. The van der Waals surface area contributed by atoms with Gasteiger partial charge in [0.2, 0.25) is 5.91 Å². The van der Waals surface area contributed by atoms with Crippen molar-refractivity contribution in [2.24, 2.45) is 5.92 Å². The van der Waals surface area contributed by atoms with Crippen LogP contribution < -0.4 is 4.90 Å². The highest BCUT2D eigenvalue weighted by Crippen LogP contribution is 2.24. The van der Waals surface area contributed by atoms with Gasteiger partial charge in [0.1, 0.15) is 6.33 Å². The molecule has 0 spiro atoms. The second-order valence-corrected chi connectivity index (χ2v) is 3.63. The third-order valence-corrected chi connectivity index (χ3v) is 2.72. The molecule has 4 nitrogen and oxygen atoms in total. The largest absolute Gasteiger partial charge is 0.309 e. The van der Waals surface area contributed by atoms with Gasteiger partial charge in [0.25, 0.3) is 0 Å². The molecule has 1 aromatic rings. The molecule has 1 atom stereocenters. The predicted octanol–water partition coefficient (Wildman–Crippen LogP) is 1.07. The minimum absolute atomic E-state index is 0.102. The number of anilines is 1. The van der Waals surface area contributed by atoms with Gasteiger partial charge in [-0.2, -0.15) is 0 Å². The average molecular weight is 212 g/mol. The summed E-state index contributed by atoms with van der Waals surface area (Å²) in [5, 5.41) is 0. The highest BCUT2D eigenvalue weighted by atomic mass is 35.5. The zero-order valence-electron chi connectivity index (χ0n) is 7.56. The second kappa shape index (κ2) is 3.92. The van der Waals surface area contributed by atoms with Gasteiger partial charge in [0, 0.05) is 18.8 Å². The Kier molecular flexibility index (Phi) is 2.63. The fourth-order valence-electron chi connectivity index (χ4n) is 1.57. The van der Waals surface area contributed by atoms with Gasteiger partial charge < -0.3 is 4.90 Å².